The Kier molecular flexibility index (Phi) is 3.80. The van der Waals surface area contributed by atoms with Crippen LogP contribution in [0.15, 0.2) is 36.5 Å². The molecule has 2 aromatic rings. The molecule has 4 nitrogen and oxygen atoms in total. The van der Waals surface area contributed by atoms with Crippen molar-refractivity contribution in [2.45, 2.75) is 20.4 Å². The van der Waals surface area contributed by atoms with Gasteiger partial charge in [-0.05, 0) is 50.3 Å². The molecule has 0 unspecified atom stereocenters. The van der Waals surface area contributed by atoms with Crippen LogP contribution in [0, 0.1) is 6.92 Å². The van der Waals surface area contributed by atoms with Crippen LogP contribution in [-0.4, -0.2) is 20.7 Å². The SMILES string of the molecule is CCn1ncc(/C=C/C(=O)c2ccc(O)cc2)c1C. The van der Waals surface area contributed by atoms with Crippen LogP contribution in [0.4, 0.5) is 0 Å². The first-order chi connectivity index (χ1) is 9.11. The zero-order valence-corrected chi connectivity index (χ0v) is 11.0. The summed E-state index contributed by atoms with van der Waals surface area (Å²) >= 11 is 0. The van der Waals surface area contributed by atoms with Gasteiger partial charge in [0.15, 0.2) is 5.78 Å². The van der Waals surface area contributed by atoms with Crippen molar-refractivity contribution in [3.63, 3.8) is 0 Å². The molecule has 1 N–H and O–H groups in total. The molecule has 1 heterocycles. The van der Waals surface area contributed by atoms with Gasteiger partial charge in [0.05, 0.1) is 6.20 Å². The fourth-order valence-corrected chi connectivity index (χ4v) is 1.83. The summed E-state index contributed by atoms with van der Waals surface area (Å²) in [6, 6.07) is 6.21. The van der Waals surface area contributed by atoms with Gasteiger partial charge in [-0.2, -0.15) is 5.10 Å². The smallest absolute Gasteiger partial charge is 0.185 e. The third-order valence-electron chi connectivity index (χ3n) is 3.01. The van der Waals surface area contributed by atoms with Gasteiger partial charge in [-0.1, -0.05) is 0 Å². The van der Waals surface area contributed by atoms with E-state index in [1.807, 2.05) is 18.5 Å². The molecular weight excluding hydrogens is 240 g/mol. The number of carbonyl (C=O) groups is 1. The maximum absolute atomic E-state index is 11.9. The lowest BCUT2D eigenvalue weighted by molar-refractivity contribution is 0.104. The van der Waals surface area contributed by atoms with Crippen molar-refractivity contribution in [1.29, 1.82) is 0 Å². The van der Waals surface area contributed by atoms with Crippen molar-refractivity contribution in [2.24, 2.45) is 0 Å². The second-order valence-electron chi connectivity index (χ2n) is 4.25. The molecule has 1 aromatic carbocycles. The fraction of sp³-hybridized carbons (Fsp3) is 0.200. The number of rotatable bonds is 4. The van der Waals surface area contributed by atoms with Crippen molar-refractivity contribution >= 4 is 11.9 Å². The molecule has 0 spiro atoms. The van der Waals surface area contributed by atoms with E-state index >= 15 is 0 Å². The van der Waals surface area contributed by atoms with Crippen LogP contribution in [0.5, 0.6) is 5.75 Å². The second-order valence-corrected chi connectivity index (χ2v) is 4.25. The Bertz CT molecular complexity index is 610. The lowest BCUT2D eigenvalue weighted by Gasteiger charge is -1.99. The lowest BCUT2D eigenvalue weighted by atomic mass is 10.1. The van der Waals surface area contributed by atoms with Crippen LogP contribution >= 0.6 is 0 Å². The van der Waals surface area contributed by atoms with Crippen LogP contribution in [0.25, 0.3) is 6.08 Å². The lowest BCUT2D eigenvalue weighted by Crippen LogP contribution is -1.98. The predicted molar refractivity (Wildman–Crippen MR) is 74.1 cm³/mol. The third kappa shape index (κ3) is 2.91. The normalized spacial score (nSPS) is 11.1. The third-order valence-corrected chi connectivity index (χ3v) is 3.01. The summed E-state index contributed by atoms with van der Waals surface area (Å²) in [6.45, 7) is 4.81. The number of hydrogen-bond donors (Lipinski definition) is 1. The van der Waals surface area contributed by atoms with Gasteiger partial charge < -0.3 is 5.11 Å². The molecule has 0 aliphatic rings. The Morgan fingerprint density at radius 3 is 2.63 bits per heavy atom. The average Bonchev–Trinajstić information content (AvgIpc) is 2.77. The van der Waals surface area contributed by atoms with Crippen LogP contribution in [-0.2, 0) is 6.54 Å². The van der Waals surface area contributed by atoms with Crippen molar-refractivity contribution in [3.05, 3.63) is 53.4 Å². The number of hydrogen-bond acceptors (Lipinski definition) is 3. The number of allylic oxidation sites excluding steroid dienone is 1. The zero-order chi connectivity index (χ0) is 13.8. The molecule has 4 heteroatoms. The van der Waals surface area contributed by atoms with Gasteiger partial charge in [-0.15, -0.1) is 0 Å². The average molecular weight is 256 g/mol. The minimum absolute atomic E-state index is 0.0938. The molecule has 0 bridgehead atoms. The summed E-state index contributed by atoms with van der Waals surface area (Å²) in [6.07, 6.45) is 5.04. The van der Waals surface area contributed by atoms with Crippen molar-refractivity contribution in [3.8, 4) is 5.75 Å². The molecule has 19 heavy (non-hydrogen) atoms. The number of phenols is 1. The highest BCUT2D eigenvalue weighted by atomic mass is 16.3. The number of nitrogens with zero attached hydrogens (tertiary/aromatic N) is 2. The van der Waals surface area contributed by atoms with Crippen LogP contribution < -0.4 is 0 Å². The predicted octanol–water partition coefficient (Wildman–Crippen LogP) is 2.81. The molecule has 98 valence electrons. The van der Waals surface area contributed by atoms with Crippen molar-refractivity contribution in [2.75, 3.05) is 0 Å². The Labute approximate surface area is 112 Å². The maximum Gasteiger partial charge on any atom is 0.185 e. The van der Waals surface area contributed by atoms with Gasteiger partial charge in [-0.25, -0.2) is 0 Å². The summed E-state index contributed by atoms with van der Waals surface area (Å²) in [5.41, 5.74) is 2.53. The maximum atomic E-state index is 11.9. The Balaban J connectivity index is 2.16. The molecule has 0 radical (unpaired) electrons. The van der Waals surface area contributed by atoms with Gasteiger partial charge in [0, 0.05) is 23.4 Å². The number of aromatic hydroxyl groups is 1. The minimum Gasteiger partial charge on any atom is -0.508 e. The summed E-state index contributed by atoms with van der Waals surface area (Å²) in [7, 11) is 0. The molecule has 0 saturated carbocycles. The summed E-state index contributed by atoms with van der Waals surface area (Å²) in [5.74, 6) is 0.0595. The first-order valence-corrected chi connectivity index (χ1v) is 6.15. The fourth-order valence-electron chi connectivity index (χ4n) is 1.83. The van der Waals surface area contributed by atoms with Crippen LogP contribution in [0.3, 0.4) is 0 Å². The van der Waals surface area contributed by atoms with E-state index in [2.05, 4.69) is 5.10 Å². The molecule has 0 atom stereocenters. The first kappa shape index (κ1) is 13.1. The van der Waals surface area contributed by atoms with Gasteiger partial charge in [0.25, 0.3) is 0 Å². The van der Waals surface area contributed by atoms with Gasteiger partial charge in [-0.3, -0.25) is 9.48 Å². The largest absolute Gasteiger partial charge is 0.508 e. The van der Waals surface area contributed by atoms with E-state index < -0.39 is 0 Å². The molecule has 0 amide bonds. The minimum atomic E-state index is -0.0938. The van der Waals surface area contributed by atoms with E-state index in [0.717, 1.165) is 17.8 Å². The van der Waals surface area contributed by atoms with E-state index in [9.17, 15) is 9.90 Å². The summed E-state index contributed by atoms with van der Waals surface area (Å²) < 4.78 is 1.88. The number of benzene rings is 1. The zero-order valence-electron chi connectivity index (χ0n) is 11.0. The second kappa shape index (κ2) is 5.52. The van der Waals surface area contributed by atoms with Gasteiger partial charge >= 0.3 is 0 Å². The first-order valence-electron chi connectivity index (χ1n) is 6.15. The number of phenolic OH excluding ortho intramolecular Hbond substituents is 1. The quantitative estimate of drug-likeness (QED) is 0.676. The standard InChI is InChI=1S/C15H16N2O2/c1-3-17-11(2)13(10-16-17)6-9-15(19)12-4-7-14(18)8-5-12/h4-10,18H,3H2,1-2H3/b9-6+. The highest BCUT2D eigenvalue weighted by Gasteiger charge is 2.04. The number of carbonyl (C=O) groups excluding carboxylic acids is 1. The van der Waals surface area contributed by atoms with E-state index in [0.29, 0.717) is 5.56 Å². The van der Waals surface area contributed by atoms with E-state index in [1.165, 1.54) is 18.2 Å². The number of aryl methyl sites for hydroxylation is 1. The van der Waals surface area contributed by atoms with Crippen molar-refractivity contribution in [1.82, 2.24) is 9.78 Å². The van der Waals surface area contributed by atoms with Gasteiger partial charge in [0.2, 0.25) is 0 Å². The van der Waals surface area contributed by atoms with Crippen LogP contribution in [0.2, 0.25) is 0 Å². The highest BCUT2D eigenvalue weighted by molar-refractivity contribution is 6.06. The molecule has 2 rings (SSSR count). The molecule has 0 fully saturated rings. The summed E-state index contributed by atoms with van der Waals surface area (Å²) in [5, 5.41) is 13.4. The van der Waals surface area contributed by atoms with Crippen LogP contribution in [0.1, 0.15) is 28.5 Å². The van der Waals surface area contributed by atoms with E-state index in [4.69, 9.17) is 0 Å². The molecule has 0 saturated heterocycles. The highest BCUT2D eigenvalue weighted by Crippen LogP contribution is 2.13. The Morgan fingerprint density at radius 1 is 1.37 bits per heavy atom. The summed E-state index contributed by atoms with van der Waals surface area (Å²) in [4.78, 5) is 11.9. The molecule has 0 aliphatic heterocycles. The molecule has 0 aliphatic carbocycles. The topological polar surface area (TPSA) is 55.1 Å². The monoisotopic (exact) mass is 256 g/mol. The Morgan fingerprint density at radius 2 is 2.05 bits per heavy atom. The number of ketones is 1. The Hall–Kier alpha value is -2.36. The molecular formula is C15H16N2O2. The van der Waals surface area contributed by atoms with Crippen molar-refractivity contribution < 1.29 is 9.90 Å². The molecule has 1 aromatic heterocycles. The number of aromatic nitrogens is 2. The van der Waals surface area contributed by atoms with E-state index in [-0.39, 0.29) is 11.5 Å². The van der Waals surface area contributed by atoms with E-state index in [1.54, 1.807) is 24.4 Å². The van der Waals surface area contributed by atoms with Gasteiger partial charge in [0.1, 0.15) is 5.75 Å².